The van der Waals surface area contributed by atoms with Crippen molar-refractivity contribution in [1.29, 1.82) is 0 Å². The summed E-state index contributed by atoms with van der Waals surface area (Å²) in [6, 6.07) is 12.7. The molecule has 0 unspecified atom stereocenters. The fourth-order valence-electron chi connectivity index (χ4n) is 1.39. The summed E-state index contributed by atoms with van der Waals surface area (Å²) in [5, 5.41) is 5.40. The summed E-state index contributed by atoms with van der Waals surface area (Å²) in [6.45, 7) is 0. The predicted molar refractivity (Wildman–Crippen MR) is 75.1 cm³/mol. The minimum atomic E-state index is -0.300. The van der Waals surface area contributed by atoms with Gasteiger partial charge in [-0.2, -0.15) is 0 Å². The molecular formula is C13H13N3OS. The molecule has 0 radical (unpaired) electrons. The van der Waals surface area contributed by atoms with E-state index in [9.17, 15) is 4.79 Å². The molecule has 0 saturated carbocycles. The van der Waals surface area contributed by atoms with Gasteiger partial charge < -0.3 is 5.32 Å². The van der Waals surface area contributed by atoms with Gasteiger partial charge in [0, 0.05) is 16.8 Å². The van der Waals surface area contributed by atoms with Crippen LogP contribution in [0.5, 0.6) is 0 Å². The second-order valence-corrected chi connectivity index (χ2v) is 4.40. The number of pyridine rings is 1. The summed E-state index contributed by atoms with van der Waals surface area (Å²) >= 11 is 1.66. The maximum absolute atomic E-state index is 11.7. The molecule has 2 amide bonds. The number of amides is 2. The highest BCUT2D eigenvalue weighted by Gasteiger charge is 2.02. The third-order valence-electron chi connectivity index (χ3n) is 2.25. The SMILES string of the molecule is CSc1ccc(NC(=O)Nc2ccccn2)cc1. The lowest BCUT2D eigenvalue weighted by Crippen LogP contribution is -2.19. The third kappa shape index (κ3) is 3.49. The van der Waals surface area contributed by atoms with Gasteiger partial charge in [-0.15, -0.1) is 11.8 Å². The summed E-state index contributed by atoms with van der Waals surface area (Å²) in [6.07, 6.45) is 3.64. The van der Waals surface area contributed by atoms with E-state index in [2.05, 4.69) is 15.6 Å². The summed E-state index contributed by atoms with van der Waals surface area (Å²) in [4.78, 5) is 16.8. The van der Waals surface area contributed by atoms with E-state index >= 15 is 0 Å². The number of rotatable bonds is 3. The number of thioether (sulfide) groups is 1. The average molecular weight is 259 g/mol. The highest BCUT2D eigenvalue weighted by Crippen LogP contribution is 2.17. The van der Waals surface area contributed by atoms with Crippen molar-refractivity contribution in [2.45, 2.75) is 4.90 Å². The lowest BCUT2D eigenvalue weighted by molar-refractivity contribution is 0.262. The van der Waals surface area contributed by atoms with E-state index in [0.29, 0.717) is 5.82 Å². The molecule has 92 valence electrons. The van der Waals surface area contributed by atoms with Crippen LogP contribution in [0.3, 0.4) is 0 Å². The first kappa shape index (κ1) is 12.4. The van der Waals surface area contributed by atoms with Crippen LogP contribution in [0.2, 0.25) is 0 Å². The Morgan fingerprint density at radius 2 is 1.89 bits per heavy atom. The van der Waals surface area contributed by atoms with Gasteiger partial charge in [0.1, 0.15) is 5.82 Å². The van der Waals surface area contributed by atoms with Crippen LogP contribution in [0.15, 0.2) is 53.6 Å². The molecule has 0 fully saturated rings. The fourth-order valence-corrected chi connectivity index (χ4v) is 1.80. The number of nitrogens with zero attached hydrogens (tertiary/aromatic N) is 1. The van der Waals surface area contributed by atoms with E-state index in [1.165, 1.54) is 0 Å². The molecule has 4 nitrogen and oxygen atoms in total. The summed E-state index contributed by atoms with van der Waals surface area (Å²) in [5.74, 6) is 0.524. The van der Waals surface area contributed by atoms with Crippen LogP contribution in [0.1, 0.15) is 0 Å². The molecule has 1 aromatic heterocycles. The maximum atomic E-state index is 11.7. The Morgan fingerprint density at radius 3 is 2.50 bits per heavy atom. The fraction of sp³-hybridized carbons (Fsp3) is 0.0769. The lowest BCUT2D eigenvalue weighted by atomic mass is 10.3. The van der Waals surface area contributed by atoms with Gasteiger partial charge in [-0.05, 0) is 42.7 Å². The van der Waals surface area contributed by atoms with E-state index in [0.717, 1.165) is 10.6 Å². The number of carbonyl (C=O) groups excluding carboxylic acids is 1. The van der Waals surface area contributed by atoms with Crippen molar-refractivity contribution in [3.8, 4) is 0 Å². The number of carbonyl (C=O) groups is 1. The highest BCUT2D eigenvalue weighted by molar-refractivity contribution is 7.98. The molecule has 2 rings (SSSR count). The highest BCUT2D eigenvalue weighted by atomic mass is 32.2. The molecule has 2 N–H and O–H groups in total. The quantitative estimate of drug-likeness (QED) is 0.830. The van der Waals surface area contributed by atoms with Crippen LogP contribution in [0.25, 0.3) is 0 Å². The Hall–Kier alpha value is -2.01. The molecule has 2 aromatic rings. The standard InChI is InChI=1S/C13H13N3OS/c1-18-11-7-5-10(6-8-11)15-13(17)16-12-4-2-3-9-14-12/h2-9H,1H3,(H2,14,15,16,17). The van der Waals surface area contributed by atoms with Crippen LogP contribution >= 0.6 is 11.8 Å². The van der Waals surface area contributed by atoms with Crippen molar-refractivity contribution in [2.24, 2.45) is 0 Å². The van der Waals surface area contributed by atoms with Crippen molar-refractivity contribution in [2.75, 3.05) is 16.9 Å². The number of urea groups is 1. The molecule has 1 aromatic carbocycles. The molecular weight excluding hydrogens is 246 g/mol. The Balaban J connectivity index is 1.94. The van der Waals surface area contributed by atoms with E-state index < -0.39 is 0 Å². The molecule has 5 heteroatoms. The average Bonchev–Trinajstić information content (AvgIpc) is 2.40. The zero-order valence-corrected chi connectivity index (χ0v) is 10.7. The summed E-state index contributed by atoms with van der Waals surface area (Å²) in [5.41, 5.74) is 0.751. The molecule has 0 aliphatic heterocycles. The van der Waals surface area contributed by atoms with Gasteiger partial charge in [-0.3, -0.25) is 5.32 Å². The van der Waals surface area contributed by atoms with Gasteiger partial charge in [0.05, 0.1) is 0 Å². The molecule has 18 heavy (non-hydrogen) atoms. The second-order valence-electron chi connectivity index (χ2n) is 3.52. The van der Waals surface area contributed by atoms with E-state index in [1.54, 1.807) is 30.1 Å². The van der Waals surface area contributed by atoms with Gasteiger partial charge in [0.15, 0.2) is 0 Å². The van der Waals surface area contributed by atoms with Gasteiger partial charge in [0.2, 0.25) is 0 Å². The number of aromatic nitrogens is 1. The molecule has 0 atom stereocenters. The number of nitrogens with one attached hydrogen (secondary N) is 2. The Kier molecular flexibility index (Phi) is 4.20. The second kappa shape index (κ2) is 6.07. The maximum Gasteiger partial charge on any atom is 0.324 e. The molecule has 1 heterocycles. The Labute approximate surface area is 110 Å². The molecule has 0 spiro atoms. The molecule has 0 aliphatic rings. The minimum absolute atomic E-state index is 0.300. The van der Waals surface area contributed by atoms with Gasteiger partial charge in [-0.25, -0.2) is 9.78 Å². The van der Waals surface area contributed by atoms with Gasteiger partial charge in [-0.1, -0.05) is 6.07 Å². The number of hydrogen-bond donors (Lipinski definition) is 2. The van der Waals surface area contributed by atoms with E-state index in [4.69, 9.17) is 0 Å². The van der Waals surface area contributed by atoms with E-state index in [-0.39, 0.29) is 6.03 Å². The van der Waals surface area contributed by atoms with Crippen LogP contribution in [-0.2, 0) is 0 Å². The smallest absolute Gasteiger partial charge is 0.308 e. The monoisotopic (exact) mass is 259 g/mol. The first-order chi connectivity index (χ1) is 8.78. The first-order valence-corrected chi connectivity index (χ1v) is 6.63. The minimum Gasteiger partial charge on any atom is -0.308 e. The van der Waals surface area contributed by atoms with Crippen LogP contribution in [-0.4, -0.2) is 17.3 Å². The lowest BCUT2D eigenvalue weighted by Gasteiger charge is -2.07. The number of anilines is 2. The van der Waals surface area contributed by atoms with Crippen molar-refractivity contribution in [3.63, 3.8) is 0 Å². The number of benzene rings is 1. The van der Waals surface area contributed by atoms with Crippen LogP contribution in [0, 0.1) is 0 Å². The topological polar surface area (TPSA) is 54.0 Å². The van der Waals surface area contributed by atoms with Crippen LogP contribution in [0.4, 0.5) is 16.3 Å². The Morgan fingerprint density at radius 1 is 1.11 bits per heavy atom. The van der Waals surface area contributed by atoms with Crippen molar-refractivity contribution >= 4 is 29.3 Å². The summed E-state index contributed by atoms with van der Waals surface area (Å²) in [7, 11) is 0. The number of hydrogen-bond acceptors (Lipinski definition) is 3. The summed E-state index contributed by atoms with van der Waals surface area (Å²) < 4.78 is 0. The van der Waals surface area contributed by atoms with Crippen molar-refractivity contribution < 1.29 is 4.79 Å². The van der Waals surface area contributed by atoms with Crippen molar-refractivity contribution in [3.05, 3.63) is 48.7 Å². The molecule has 0 saturated heterocycles. The van der Waals surface area contributed by atoms with Crippen molar-refractivity contribution in [1.82, 2.24) is 4.98 Å². The largest absolute Gasteiger partial charge is 0.324 e. The van der Waals surface area contributed by atoms with E-state index in [1.807, 2.05) is 36.6 Å². The molecule has 0 aliphatic carbocycles. The third-order valence-corrected chi connectivity index (χ3v) is 3.00. The molecule has 0 bridgehead atoms. The normalized spacial score (nSPS) is 9.83. The first-order valence-electron chi connectivity index (χ1n) is 5.41. The zero-order valence-electron chi connectivity index (χ0n) is 9.88. The van der Waals surface area contributed by atoms with Gasteiger partial charge >= 0.3 is 6.03 Å². The van der Waals surface area contributed by atoms with Crippen LogP contribution < -0.4 is 10.6 Å². The zero-order chi connectivity index (χ0) is 12.8. The Bertz CT molecular complexity index is 514. The van der Waals surface area contributed by atoms with Gasteiger partial charge in [0.25, 0.3) is 0 Å². The predicted octanol–water partition coefficient (Wildman–Crippen LogP) is 3.45.